The minimum Gasteiger partial charge on any atom is -0.462 e. The third-order valence-electron chi connectivity index (χ3n) is 11.0. The summed E-state index contributed by atoms with van der Waals surface area (Å²) < 4.78 is 5.90. The molecule has 3 N–H and O–H groups in total. The summed E-state index contributed by atoms with van der Waals surface area (Å²) in [6, 6.07) is -0.721. The zero-order valence-electron chi connectivity index (χ0n) is 39.3. The molecule has 1 amide bonds. The van der Waals surface area contributed by atoms with Crippen molar-refractivity contribution in [2.75, 3.05) is 6.61 Å². The fourth-order valence-corrected chi connectivity index (χ4v) is 7.22. The van der Waals surface area contributed by atoms with Crippen molar-refractivity contribution in [1.29, 1.82) is 0 Å². The molecule has 0 aliphatic rings. The van der Waals surface area contributed by atoms with E-state index in [4.69, 9.17) is 4.74 Å². The molecule has 0 fully saturated rings. The highest BCUT2D eigenvalue weighted by molar-refractivity contribution is 5.77. The van der Waals surface area contributed by atoms with Crippen LogP contribution in [0.15, 0.2) is 72.9 Å². The average Bonchev–Trinajstić information content (AvgIpc) is 3.24. The smallest absolute Gasteiger partial charge is 0.306 e. The number of hydrogen-bond acceptors (Lipinski definition) is 5. The first-order valence-corrected chi connectivity index (χ1v) is 25.2. The molecule has 60 heavy (non-hydrogen) atoms. The highest BCUT2D eigenvalue weighted by Crippen LogP contribution is 2.16. The Morgan fingerprint density at radius 3 is 1.43 bits per heavy atom. The van der Waals surface area contributed by atoms with Crippen LogP contribution in [-0.4, -0.2) is 46.9 Å². The number of ether oxygens (including phenoxy) is 1. The topological polar surface area (TPSA) is 95.9 Å². The van der Waals surface area contributed by atoms with Crippen molar-refractivity contribution >= 4 is 11.9 Å². The van der Waals surface area contributed by atoms with Crippen molar-refractivity contribution in [3.63, 3.8) is 0 Å². The highest BCUT2D eigenvalue weighted by atomic mass is 16.5. The Balaban J connectivity index is 4.71. The van der Waals surface area contributed by atoms with Gasteiger partial charge < -0.3 is 20.3 Å². The van der Waals surface area contributed by atoms with Crippen molar-refractivity contribution in [3.8, 4) is 0 Å². The van der Waals surface area contributed by atoms with Gasteiger partial charge in [0, 0.05) is 6.42 Å². The summed E-state index contributed by atoms with van der Waals surface area (Å²) in [5.74, 6) is -0.538. The Labute approximate surface area is 371 Å². The first-order valence-electron chi connectivity index (χ1n) is 25.2. The van der Waals surface area contributed by atoms with Gasteiger partial charge in [-0.05, 0) is 89.9 Å². The lowest BCUT2D eigenvalue weighted by Crippen LogP contribution is -2.46. The van der Waals surface area contributed by atoms with Gasteiger partial charge in [-0.3, -0.25) is 9.59 Å². The van der Waals surface area contributed by atoms with Gasteiger partial charge in [0.1, 0.15) is 6.10 Å². The number of amides is 1. The predicted molar refractivity (Wildman–Crippen MR) is 259 cm³/mol. The summed E-state index contributed by atoms with van der Waals surface area (Å²) in [6.45, 7) is 6.31. The van der Waals surface area contributed by atoms with Gasteiger partial charge in [-0.25, -0.2) is 0 Å². The van der Waals surface area contributed by atoms with E-state index in [0.29, 0.717) is 19.3 Å². The molecular formula is C54H95NO5. The molecule has 346 valence electrons. The molecule has 3 unspecified atom stereocenters. The Kier molecular flexibility index (Phi) is 45.2. The fraction of sp³-hybridized carbons (Fsp3) is 0.741. The second-order valence-corrected chi connectivity index (χ2v) is 16.8. The molecule has 0 radical (unpaired) electrons. The van der Waals surface area contributed by atoms with Crippen LogP contribution < -0.4 is 5.32 Å². The van der Waals surface area contributed by atoms with Crippen molar-refractivity contribution in [1.82, 2.24) is 5.32 Å². The zero-order valence-corrected chi connectivity index (χ0v) is 39.3. The third-order valence-corrected chi connectivity index (χ3v) is 11.0. The normalized spacial score (nSPS) is 13.9. The van der Waals surface area contributed by atoms with Gasteiger partial charge in [0.25, 0.3) is 0 Å². The largest absolute Gasteiger partial charge is 0.462 e. The summed E-state index contributed by atoms with van der Waals surface area (Å²) >= 11 is 0. The van der Waals surface area contributed by atoms with Crippen LogP contribution in [0.3, 0.4) is 0 Å². The van der Waals surface area contributed by atoms with Crippen LogP contribution in [0.4, 0.5) is 0 Å². The third kappa shape index (κ3) is 42.0. The SMILES string of the molecule is CC/C=C\C/C=C\C/C=C\C/C=C\C/C=C\CCCC(CC(=O)NC(CO)C(O)CCCCCCCCCCC)OC(=O)CCCCCCCCC/C=C\CCCCCC. The molecule has 0 saturated heterocycles. The van der Waals surface area contributed by atoms with Crippen molar-refractivity contribution in [2.45, 2.75) is 251 Å². The number of aliphatic hydroxyl groups is 2. The number of nitrogens with one attached hydrogen (secondary N) is 1. The molecule has 0 aromatic carbocycles. The lowest BCUT2D eigenvalue weighted by atomic mass is 10.0. The van der Waals surface area contributed by atoms with Crippen LogP contribution in [0.25, 0.3) is 0 Å². The maximum Gasteiger partial charge on any atom is 0.306 e. The number of carbonyl (C=O) groups is 2. The second kappa shape index (κ2) is 47.4. The van der Waals surface area contributed by atoms with Gasteiger partial charge >= 0.3 is 5.97 Å². The number of carbonyl (C=O) groups excluding carboxylic acids is 2. The van der Waals surface area contributed by atoms with Gasteiger partial charge in [0.15, 0.2) is 0 Å². The maximum atomic E-state index is 13.2. The molecule has 6 heteroatoms. The number of unbranched alkanes of at least 4 members (excludes halogenated alkanes) is 20. The van der Waals surface area contributed by atoms with Crippen molar-refractivity contribution < 1.29 is 24.5 Å². The minimum absolute atomic E-state index is 0.0344. The lowest BCUT2D eigenvalue weighted by Gasteiger charge is -2.24. The monoisotopic (exact) mass is 838 g/mol. The Hall–Kier alpha value is -2.70. The standard InChI is InChI=1S/C54H95NO5/c1-4-7-10-13-16-19-21-23-25-26-28-29-31-34-36-39-42-45-50(48-53(58)55-51(49-56)52(57)46-43-40-37-33-18-15-12-9-6-3)60-54(59)47-44-41-38-35-32-30-27-24-22-20-17-14-11-8-5-2/h7,10,16,19-20,22-23,25,28-29,34,36,50-52,56-57H,4-6,8-9,11-15,17-18,21,24,26-27,30-33,35,37-49H2,1-3H3,(H,55,58)/b10-7-,19-16-,22-20-,25-23-,29-28-,36-34-. The fourth-order valence-electron chi connectivity index (χ4n) is 7.22. The molecule has 0 heterocycles. The summed E-state index contributed by atoms with van der Waals surface area (Å²) in [6.07, 6.45) is 59.7. The first-order chi connectivity index (χ1) is 29.5. The summed E-state index contributed by atoms with van der Waals surface area (Å²) in [7, 11) is 0. The molecule has 0 rings (SSSR count). The minimum atomic E-state index is -0.804. The van der Waals surface area contributed by atoms with E-state index >= 15 is 0 Å². The van der Waals surface area contributed by atoms with Crippen LogP contribution in [-0.2, 0) is 14.3 Å². The Morgan fingerprint density at radius 1 is 0.500 bits per heavy atom. The van der Waals surface area contributed by atoms with Crippen LogP contribution in [0.1, 0.15) is 233 Å². The molecule has 3 atom stereocenters. The first kappa shape index (κ1) is 57.3. The van der Waals surface area contributed by atoms with Crippen molar-refractivity contribution in [3.05, 3.63) is 72.9 Å². The predicted octanol–water partition coefficient (Wildman–Crippen LogP) is 15.0. The molecule has 0 bridgehead atoms. The van der Waals surface area contributed by atoms with Crippen molar-refractivity contribution in [2.24, 2.45) is 0 Å². The quantitative estimate of drug-likeness (QED) is 0.0323. The van der Waals surface area contributed by atoms with Gasteiger partial charge in [0.2, 0.25) is 5.91 Å². The molecular weight excluding hydrogens is 743 g/mol. The summed E-state index contributed by atoms with van der Waals surface area (Å²) in [4.78, 5) is 26.1. The van der Waals surface area contributed by atoms with Crippen LogP contribution in [0.2, 0.25) is 0 Å². The van der Waals surface area contributed by atoms with E-state index in [1.165, 1.54) is 103 Å². The number of esters is 1. The summed E-state index contributed by atoms with van der Waals surface area (Å²) in [5, 5.41) is 23.6. The highest BCUT2D eigenvalue weighted by Gasteiger charge is 2.24. The van der Waals surface area contributed by atoms with Gasteiger partial charge in [-0.2, -0.15) is 0 Å². The maximum absolute atomic E-state index is 13.2. The van der Waals surface area contributed by atoms with Gasteiger partial charge in [-0.15, -0.1) is 0 Å². The van der Waals surface area contributed by atoms with E-state index in [2.05, 4.69) is 99.0 Å². The van der Waals surface area contributed by atoms with E-state index < -0.39 is 18.2 Å². The lowest BCUT2D eigenvalue weighted by molar-refractivity contribution is -0.151. The number of hydrogen-bond donors (Lipinski definition) is 3. The molecule has 0 aromatic heterocycles. The number of aliphatic hydroxyl groups excluding tert-OH is 2. The summed E-state index contributed by atoms with van der Waals surface area (Å²) in [5.41, 5.74) is 0. The van der Waals surface area contributed by atoms with E-state index in [9.17, 15) is 19.8 Å². The van der Waals surface area contributed by atoms with Crippen LogP contribution in [0.5, 0.6) is 0 Å². The van der Waals surface area contributed by atoms with E-state index in [1.54, 1.807) is 0 Å². The van der Waals surface area contributed by atoms with Crippen LogP contribution in [0, 0.1) is 0 Å². The van der Waals surface area contributed by atoms with Crippen LogP contribution >= 0.6 is 0 Å². The Bertz CT molecular complexity index is 1120. The number of rotatable bonds is 44. The average molecular weight is 838 g/mol. The van der Waals surface area contributed by atoms with E-state index in [0.717, 1.165) is 83.5 Å². The van der Waals surface area contributed by atoms with Gasteiger partial charge in [0.05, 0.1) is 25.2 Å². The van der Waals surface area contributed by atoms with E-state index in [1.807, 2.05) is 0 Å². The number of allylic oxidation sites excluding steroid dienone is 12. The molecule has 6 nitrogen and oxygen atoms in total. The van der Waals surface area contributed by atoms with E-state index in [-0.39, 0.29) is 24.9 Å². The molecule has 0 spiro atoms. The molecule has 0 aliphatic carbocycles. The molecule has 0 aromatic rings. The zero-order chi connectivity index (χ0) is 43.8. The van der Waals surface area contributed by atoms with Gasteiger partial charge in [-0.1, -0.05) is 203 Å². The molecule has 0 aliphatic heterocycles. The second-order valence-electron chi connectivity index (χ2n) is 16.8. The Morgan fingerprint density at radius 2 is 0.917 bits per heavy atom. The molecule has 0 saturated carbocycles.